The van der Waals surface area contributed by atoms with E-state index in [9.17, 15) is 19.2 Å². The van der Waals surface area contributed by atoms with Crippen LogP contribution in [0.1, 0.15) is 57.5 Å². The average Bonchev–Trinajstić information content (AvgIpc) is 3.07. The minimum atomic E-state index is -1.16. The van der Waals surface area contributed by atoms with Gasteiger partial charge in [-0.3, -0.25) is 14.4 Å². The molecule has 1 fully saturated rings. The van der Waals surface area contributed by atoms with Crippen LogP contribution in [0.2, 0.25) is 0 Å². The third kappa shape index (κ3) is 10.5. The third-order valence-electron chi connectivity index (χ3n) is 7.93. The lowest BCUT2D eigenvalue weighted by atomic mass is 10.1. The number of benzene rings is 3. The van der Waals surface area contributed by atoms with Crippen molar-refractivity contribution in [2.75, 3.05) is 64.2 Å². The summed E-state index contributed by atoms with van der Waals surface area (Å²) in [4.78, 5) is 54.1. The highest BCUT2D eigenvalue weighted by Gasteiger charge is 2.19. The number of hydrogen-bond donors (Lipinski definition) is 3. The molecule has 0 aromatic heterocycles. The zero-order valence-electron chi connectivity index (χ0n) is 27.8. The van der Waals surface area contributed by atoms with Crippen LogP contribution in [-0.4, -0.2) is 92.1 Å². The van der Waals surface area contributed by atoms with Gasteiger partial charge in [0.2, 0.25) is 5.91 Å². The molecule has 3 aromatic carbocycles. The minimum absolute atomic E-state index is 0.119. The second-order valence-electron chi connectivity index (χ2n) is 11.7. The largest absolute Gasteiger partial charge is 0.491 e. The number of amides is 3. The van der Waals surface area contributed by atoms with E-state index >= 15 is 0 Å². The fourth-order valence-corrected chi connectivity index (χ4v) is 5.24. The Labute approximate surface area is 281 Å². The Kier molecular flexibility index (Phi) is 13.3. The number of aryl methyl sites for hydroxylation is 1. The number of unbranched alkanes of at least 4 members (excludes halogenated alkanes) is 2. The summed E-state index contributed by atoms with van der Waals surface area (Å²) < 4.78 is 16.7. The smallest absolute Gasteiger partial charge is 0.341 e. The van der Waals surface area contributed by atoms with Crippen molar-refractivity contribution >= 4 is 35.1 Å². The standard InChI is InChI=1S/C36H44N4O8/c1-25-12-14-30(32(21-25)47-20-8-4-5-11-33(41)40-18-16-39(2)17-19-40)38-35(44)26-13-15-29(27(22-26)23-46-3)37-36(45)28-9-6-7-10-31(28)48-24-34(42)43/h6-7,9-10,12-15,21-22H,4-5,8,11,16-20,23-24H2,1-3H3,(H,37,45)(H,38,44)(H,42,43). The van der Waals surface area contributed by atoms with Gasteiger partial charge in [0.15, 0.2) is 6.61 Å². The molecule has 3 amide bonds. The van der Waals surface area contributed by atoms with E-state index in [1.807, 2.05) is 24.0 Å². The first-order valence-corrected chi connectivity index (χ1v) is 16.0. The monoisotopic (exact) mass is 660 g/mol. The maximum atomic E-state index is 13.4. The average molecular weight is 661 g/mol. The Bertz CT molecular complexity index is 1590. The van der Waals surface area contributed by atoms with Crippen LogP contribution in [0, 0.1) is 6.92 Å². The molecule has 3 aromatic rings. The number of carbonyl (C=O) groups excluding carboxylic acids is 3. The van der Waals surface area contributed by atoms with Crippen molar-refractivity contribution in [2.45, 2.75) is 39.2 Å². The molecular formula is C36H44N4O8. The summed E-state index contributed by atoms with van der Waals surface area (Å²) in [6.45, 7) is 5.34. The molecule has 0 aliphatic carbocycles. The first kappa shape index (κ1) is 35.9. The maximum absolute atomic E-state index is 13.4. The molecule has 0 saturated carbocycles. The first-order chi connectivity index (χ1) is 23.1. The van der Waals surface area contributed by atoms with E-state index in [4.69, 9.17) is 19.3 Å². The van der Waals surface area contributed by atoms with Crippen LogP contribution in [-0.2, 0) is 20.9 Å². The van der Waals surface area contributed by atoms with E-state index in [0.717, 1.165) is 51.0 Å². The minimum Gasteiger partial charge on any atom is -0.491 e. The number of nitrogens with zero attached hydrogens (tertiary/aromatic N) is 2. The van der Waals surface area contributed by atoms with Crippen molar-refractivity contribution < 1.29 is 38.5 Å². The molecular weight excluding hydrogens is 616 g/mol. The highest BCUT2D eigenvalue weighted by molar-refractivity contribution is 6.08. The van der Waals surface area contributed by atoms with Crippen LogP contribution < -0.4 is 20.1 Å². The molecule has 0 bridgehead atoms. The van der Waals surface area contributed by atoms with Crippen molar-refractivity contribution in [1.29, 1.82) is 0 Å². The first-order valence-electron chi connectivity index (χ1n) is 16.0. The van der Waals surface area contributed by atoms with Gasteiger partial charge in [-0.1, -0.05) is 18.2 Å². The fourth-order valence-electron chi connectivity index (χ4n) is 5.24. The van der Waals surface area contributed by atoms with E-state index in [1.165, 1.54) is 19.2 Å². The van der Waals surface area contributed by atoms with Crippen LogP contribution in [0.25, 0.3) is 0 Å². The van der Waals surface area contributed by atoms with Crippen molar-refractivity contribution in [3.63, 3.8) is 0 Å². The van der Waals surface area contributed by atoms with Gasteiger partial charge < -0.3 is 39.8 Å². The number of likely N-dealkylation sites (N-methyl/N-ethyl adjacent to an activating group) is 1. The fraction of sp³-hybridized carbons (Fsp3) is 0.389. The number of piperazine rings is 1. The zero-order valence-corrected chi connectivity index (χ0v) is 27.8. The number of methoxy groups -OCH3 is 1. The number of nitrogens with one attached hydrogen (secondary N) is 2. The lowest BCUT2D eigenvalue weighted by Crippen LogP contribution is -2.47. The van der Waals surface area contributed by atoms with Crippen LogP contribution in [0.5, 0.6) is 11.5 Å². The molecule has 4 rings (SSSR count). The predicted octanol–water partition coefficient (Wildman–Crippen LogP) is 4.82. The summed E-state index contributed by atoms with van der Waals surface area (Å²) in [7, 11) is 3.58. The SMILES string of the molecule is COCc1cc(C(=O)Nc2ccc(C)cc2OCCCCCC(=O)N2CCN(C)CC2)ccc1NC(=O)c1ccccc1OCC(=O)O. The normalized spacial score (nSPS) is 13.1. The molecule has 1 heterocycles. The highest BCUT2D eigenvalue weighted by Crippen LogP contribution is 2.28. The van der Waals surface area contributed by atoms with E-state index in [2.05, 4.69) is 22.6 Å². The van der Waals surface area contributed by atoms with Crippen molar-refractivity contribution in [3.05, 3.63) is 82.9 Å². The Morgan fingerprint density at radius 2 is 1.54 bits per heavy atom. The van der Waals surface area contributed by atoms with Crippen LogP contribution in [0.15, 0.2) is 60.7 Å². The molecule has 1 saturated heterocycles. The number of carbonyl (C=O) groups is 4. The van der Waals surface area contributed by atoms with Crippen molar-refractivity contribution in [3.8, 4) is 11.5 Å². The van der Waals surface area contributed by atoms with Crippen molar-refractivity contribution in [1.82, 2.24) is 9.80 Å². The number of para-hydroxylation sites is 1. The number of carboxylic acids is 1. The molecule has 3 N–H and O–H groups in total. The topological polar surface area (TPSA) is 147 Å². The summed E-state index contributed by atoms with van der Waals surface area (Å²) >= 11 is 0. The number of hydrogen-bond acceptors (Lipinski definition) is 8. The van der Waals surface area contributed by atoms with Crippen LogP contribution in [0.3, 0.4) is 0 Å². The number of anilines is 2. The molecule has 256 valence electrons. The van der Waals surface area contributed by atoms with Gasteiger partial charge in [0.25, 0.3) is 11.8 Å². The zero-order chi connectivity index (χ0) is 34.5. The second-order valence-corrected chi connectivity index (χ2v) is 11.7. The van der Waals surface area contributed by atoms with Crippen LogP contribution >= 0.6 is 0 Å². The number of rotatable bonds is 16. The van der Waals surface area contributed by atoms with Gasteiger partial charge in [-0.05, 0) is 81.3 Å². The third-order valence-corrected chi connectivity index (χ3v) is 7.93. The lowest BCUT2D eigenvalue weighted by Gasteiger charge is -2.32. The molecule has 1 aliphatic heterocycles. The Balaban J connectivity index is 1.34. The van der Waals surface area contributed by atoms with Gasteiger partial charge in [0.1, 0.15) is 11.5 Å². The van der Waals surface area contributed by atoms with E-state index in [0.29, 0.717) is 41.3 Å². The lowest BCUT2D eigenvalue weighted by molar-refractivity contribution is -0.139. The van der Waals surface area contributed by atoms with Gasteiger partial charge in [-0.15, -0.1) is 0 Å². The van der Waals surface area contributed by atoms with Gasteiger partial charge in [0.05, 0.1) is 24.5 Å². The van der Waals surface area contributed by atoms with E-state index < -0.39 is 18.5 Å². The van der Waals surface area contributed by atoms with Gasteiger partial charge >= 0.3 is 5.97 Å². The molecule has 0 radical (unpaired) electrons. The molecule has 12 nitrogen and oxygen atoms in total. The maximum Gasteiger partial charge on any atom is 0.341 e. The molecule has 0 unspecified atom stereocenters. The number of ether oxygens (including phenoxy) is 3. The summed E-state index contributed by atoms with van der Waals surface area (Å²) in [5.74, 6) is -1.13. The van der Waals surface area contributed by atoms with E-state index in [1.54, 1.807) is 36.4 Å². The summed E-state index contributed by atoms with van der Waals surface area (Å²) in [6.07, 6.45) is 2.98. The quantitative estimate of drug-likeness (QED) is 0.184. The summed E-state index contributed by atoms with van der Waals surface area (Å²) in [5, 5.41) is 14.7. The van der Waals surface area contributed by atoms with Gasteiger partial charge in [-0.25, -0.2) is 4.79 Å². The number of aliphatic carboxylic acids is 1. The molecule has 0 spiro atoms. The van der Waals surface area contributed by atoms with Gasteiger partial charge in [-0.2, -0.15) is 0 Å². The highest BCUT2D eigenvalue weighted by atomic mass is 16.5. The molecule has 0 atom stereocenters. The second kappa shape index (κ2) is 17.8. The Morgan fingerprint density at radius 3 is 2.29 bits per heavy atom. The number of carboxylic acid groups (broad SMARTS) is 1. The predicted molar refractivity (Wildman–Crippen MR) is 182 cm³/mol. The summed E-state index contributed by atoms with van der Waals surface area (Å²) in [5.41, 5.74) is 3.01. The van der Waals surface area contributed by atoms with Crippen molar-refractivity contribution in [2.24, 2.45) is 0 Å². The Morgan fingerprint density at radius 1 is 0.812 bits per heavy atom. The van der Waals surface area contributed by atoms with E-state index in [-0.39, 0.29) is 29.7 Å². The van der Waals surface area contributed by atoms with Crippen LogP contribution in [0.4, 0.5) is 11.4 Å². The molecule has 1 aliphatic rings. The van der Waals surface area contributed by atoms with Gasteiger partial charge in [0, 0.05) is 56.5 Å². The molecule has 48 heavy (non-hydrogen) atoms. The summed E-state index contributed by atoms with van der Waals surface area (Å²) in [6, 6.07) is 16.7. The Hall–Kier alpha value is -4.94. The molecule has 12 heteroatoms.